The van der Waals surface area contributed by atoms with Crippen molar-refractivity contribution in [3.05, 3.63) is 113 Å². The molecule has 0 saturated carbocycles. The highest BCUT2D eigenvalue weighted by Crippen LogP contribution is 2.36. The van der Waals surface area contributed by atoms with E-state index >= 15 is 0 Å². The molecule has 45 heavy (non-hydrogen) atoms. The van der Waals surface area contributed by atoms with E-state index in [1.54, 1.807) is 0 Å². The molecule has 0 radical (unpaired) electrons. The van der Waals surface area contributed by atoms with Crippen LogP contribution in [0.15, 0.2) is 66.7 Å². The Balaban J connectivity index is 1.49. The molecule has 236 valence electrons. The highest BCUT2D eigenvalue weighted by molar-refractivity contribution is 5.65. The largest absolute Gasteiger partial charge is 0.573 e. The molecule has 0 aliphatic heterocycles. The van der Waals surface area contributed by atoms with E-state index in [-0.39, 0.29) is 16.9 Å². The van der Waals surface area contributed by atoms with Gasteiger partial charge in [0.15, 0.2) is 11.6 Å². The highest BCUT2D eigenvalue weighted by Gasteiger charge is 2.38. The van der Waals surface area contributed by atoms with Gasteiger partial charge in [-0.15, -0.1) is 13.2 Å². The Labute approximate surface area is 250 Å². The van der Waals surface area contributed by atoms with Crippen molar-refractivity contribution in [2.24, 2.45) is 0 Å². The summed E-state index contributed by atoms with van der Waals surface area (Å²) in [5.74, 6) is -4.77. The molecule has 0 fully saturated rings. The third-order valence-electron chi connectivity index (χ3n) is 6.04. The number of halogens is 10. The molecule has 0 saturated heterocycles. The summed E-state index contributed by atoms with van der Waals surface area (Å²) < 4.78 is 152. The van der Waals surface area contributed by atoms with E-state index < -0.39 is 69.7 Å². The summed E-state index contributed by atoms with van der Waals surface area (Å²) in [5.41, 5.74) is -2.27. The molecule has 0 aliphatic rings. The molecular formula is C32H20F10O3. The zero-order valence-corrected chi connectivity index (χ0v) is 23.0. The Morgan fingerprint density at radius 3 is 1.91 bits per heavy atom. The van der Waals surface area contributed by atoms with Gasteiger partial charge in [-0.3, -0.25) is 0 Å². The maximum absolute atomic E-state index is 14.9. The number of alkyl halides is 5. The summed E-state index contributed by atoms with van der Waals surface area (Å²) in [6.45, 7) is 2.33. The van der Waals surface area contributed by atoms with Gasteiger partial charge in [-0.25, -0.2) is 22.0 Å². The Bertz CT molecular complexity index is 1730. The fraction of sp³-hybridized carbons (Fsp3) is 0.188. The molecule has 0 spiro atoms. The Morgan fingerprint density at radius 1 is 0.644 bits per heavy atom. The van der Waals surface area contributed by atoms with Gasteiger partial charge in [0.1, 0.15) is 29.0 Å². The first kappa shape index (κ1) is 33.0. The minimum absolute atomic E-state index is 0.0408. The number of ether oxygens (including phenoxy) is 3. The van der Waals surface area contributed by atoms with Crippen LogP contribution < -0.4 is 14.2 Å². The quantitative estimate of drug-likeness (QED) is 0.103. The summed E-state index contributed by atoms with van der Waals surface area (Å²) in [6, 6.07) is 9.36. The number of hydrogen-bond donors (Lipinski definition) is 0. The van der Waals surface area contributed by atoms with E-state index in [1.807, 2.05) is 6.92 Å². The molecule has 4 aromatic carbocycles. The minimum Gasteiger partial charge on any atom is -0.493 e. The second-order valence-electron chi connectivity index (χ2n) is 9.37. The van der Waals surface area contributed by atoms with Crippen molar-refractivity contribution in [2.75, 3.05) is 6.61 Å². The van der Waals surface area contributed by atoms with Crippen LogP contribution in [0.1, 0.15) is 36.5 Å². The molecule has 4 aromatic rings. The number of unbranched alkanes of at least 4 members (excludes halogenated alkanes) is 1. The maximum atomic E-state index is 14.9. The lowest BCUT2D eigenvalue weighted by atomic mass is 10.0. The monoisotopic (exact) mass is 642 g/mol. The third-order valence-corrected chi connectivity index (χ3v) is 6.04. The van der Waals surface area contributed by atoms with Gasteiger partial charge < -0.3 is 14.2 Å². The van der Waals surface area contributed by atoms with Gasteiger partial charge in [0.05, 0.1) is 17.7 Å². The van der Waals surface area contributed by atoms with Gasteiger partial charge in [-0.2, -0.15) is 8.78 Å². The summed E-state index contributed by atoms with van der Waals surface area (Å²) in [6.07, 6.45) is -8.04. The Hall–Kier alpha value is -4.86. The van der Waals surface area contributed by atoms with E-state index in [1.165, 1.54) is 12.1 Å². The van der Waals surface area contributed by atoms with Crippen molar-refractivity contribution in [1.82, 2.24) is 0 Å². The molecule has 0 amide bonds. The number of benzene rings is 4. The lowest BCUT2D eigenvalue weighted by molar-refractivity contribution is -0.276. The van der Waals surface area contributed by atoms with Gasteiger partial charge >= 0.3 is 12.5 Å². The lowest BCUT2D eigenvalue weighted by Crippen LogP contribution is -2.23. The van der Waals surface area contributed by atoms with Gasteiger partial charge in [-0.1, -0.05) is 31.3 Å². The standard InChI is InChI=1S/C32H20F10O3/c1-2-3-12-43-21-9-10-23(26(34)16-21)20-7-11-24(27(35)15-20)31(38,39)44-22-8-6-19(25(33)17-22)5-4-18-13-28(36)30(29(37)14-18)45-32(40,41)42/h6-11,13-17H,2-3,12H2,1H3. The fourth-order valence-corrected chi connectivity index (χ4v) is 3.92. The van der Waals surface area contributed by atoms with Crippen molar-refractivity contribution in [3.63, 3.8) is 0 Å². The van der Waals surface area contributed by atoms with E-state index in [0.29, 0.717) is 36.9 Å². The summed E-state index contributed by atoms with van der Waals surface area (Å²) >= 11 is 0. The van der Waals surface area contributed by atoms with E-state index in [4.69, 9.17) is 4.74 Å². The van der Waals surface area contributed by atoms with Crippen LogP contribution in [0.4, 0.5) is 43.9 Å². The van der Waals surface area contributed by atoms with Crippen LogP contribution in [0.3, 0.4) is 0 Å². The van der Waals surface area contributed by atoms with Crippen LogP contribution in [0.5, 0.6) is 17.2 Å². The zero-order valence-electron chi connectivity index (χ0n) is 23.0. The van der Waals surface area contributed by atoms with E-state index in [9.17, 15) is 43.9 Å². The molecule has 0 heterocycles. The Kier molecular flexibility index (Phi) is 9.85. The number of hydrogen-bond acceptors (Lipinski definition) is 3. The molecule has 13 heteroatoms. The van der Waals surface area contributed by atoms with Gasteiger partial charge in [0.25, 0.3) is 0 Å². The van der Waals surface area contributed by atoms with Crippen LogP contribution in [-0.4, -0.2) is 13.0 Å². The summed E-state index contributed by atoms with van der Waals surface area (Å²) in [7, 11) is 0. The average Bonchev–Trinajstić information content (AvgIpc) is 2.94. The van der Waals surface area contributed by atoms with E-state index in [2.05, 4.69) is 21.3 Å². The first-order valence-electron chi connectivity index (χ1n) is 13.0. The molecule has 0 bridgehead atoms. The predicted octanol–water partition coefficient (Wildman–Crippen LogP) is 9.65. The van der Waals surface area contributed by atoms with Crippen LogP contribution >= 0.6 is 0 Å². The molecule has 3 nitrogen and oxygen atoms in total. The second-order valence-corrected chi connectivity index (χ2v) is 9.37. The fourth-order valence-electron chi connectivity index (χ4n) is 3.92. The molecule has 0 N–H and O–H groups in total. The number of rotatable bonds is 9. The first-order chi connectivity index (χ1) is 21.2. The van der Waals surface area contributed by atoms with Gasteiger partial charge in [-0.05, 0) is 60.5 Å². The van der Waals surface area contributed by atoms with Crippen molar-refractivity contribution in [1.29, 1.82) is 0 Å². The van der Waals surface area contributed by atoms with Crippen LogP contribution in [-0.2, 0) is 6.11 Å². The van der Waals surface area contributed by atoms with Crippen molar-refractivity contribution in [3.8, 4) is 40.2 Å². The predicted molar refractivity (Wildman–Crippen MR) is 142 cm³/mol. The first-order valence-corrected chi connectivity index (χ1v) is 13.0. The lowest BCUT2D eigenvalue weighted by Gasteiger charge is -2.19. The zero-order chi connectivity index (χ0) is 32.9. The topological polar surface area (TPSA) is 27.7 Å². The van der Waals surface area contributed by atoms with E-state index in [0.717, 1.165) is 37.1 Å². The molecule has 0 aliphatic carbocycles. The Morgan fingerprint density at radius 2 is 1.31 bits per heavy atom. The molecule has 0 atom stereocenters. The van der Waals surface area contributed by atoms with Crippen molar-refractivity contribution < 1.29 is 58.1 Å². The normalized spacial score (nSPS) is 11.5. The van der Waals surface area contributed by atoms with Gasteiger partial charge in [0, 0.05) is 23.3 Å². The highest BCUT2D eigenvalue weighted by atomic mass is 19.4. The SMILES string of the molecule is CCCCOc1ccc(-c2ccc(C(F)(F)Oc3ccc(C#Cc4cc(F)c(OC(F)(F)F)c(F)c4)c(F)c3)c(F)c2)c(F)c1. The molecular weight excluding hydrogens is 622 g/mol. The van der Waals surface area contributed by atoms with Gasteiger partial charge in [0.2, 0.25) is 5.75 Å². The smallest absolute Gasteiger partial charge is 0.493 e. The molecule has 0 unspecified atom stereocenters. The van der Waals surface area contributed by atoms with Crippen LogP contribution in [0.2, 0.25) is 0 Å². The second kappa shape index (κ2) is 13.4. The average molecular weight is 642 g/mol. The van der Waals surface area contributed by atoms with Crippen molar-refractivity contribution in [2.45, 2.75) is 32.2 Å². The van der Waals surface area contributed by atoms with Crippen LogP contribution in [0.25, 0.3) is 11.1 Å². The minimum atomic E-state index is -5.36. The molecule has 0 aromatic heterocycles. The van der Waals surface area contributed by atoms with Crippen LogP contribution in [0, 0.1) is 40.9 Å². The molecule has 4 rings (SSSR count). The maximum Gasteiger partial charge on any atom is 0.573 e. The van der Waals surface area contributed by atoms with Crippen molar-refractivity contribution >= 4 is 0 Å². The third kappa shape index (κ3) is 8.41. The summed E-state index contributed by atoms with van der Waals surface area (Å²) in [5, 5.41) is 0. The summed E-state index contributed by atoms with van der Waals surface area (Å²) in [4.78, 5) is 0.